The highest BCUT2D eigenvalue weighted by Crippen LogP contribution is 2.27. The second kappa shape index (κ2) is 11.4. The van der Waals surface area contributed by atoms with E-state index in [0.717, 1.165) is 12.1 Å². The van der Waals surface area contributed by atoms with Crippen LogP contribution < -0.4 is 15.4 Å². The Morgan fingerprint density at radius 3 is 2.80 bits per heavy atom. The van der Waals surface area contributed by atoms with Crippen LogP contribution in [0.5, 0.6) is 5.75 Å². The van der Waals surface area contributed by atoms with Gasteiger partial charge in [0.05, 0.1) is 24.2 Å². The molecule has 2 aromatic rings. The smallest absolute Gasteiger partial charge is 0.406 e. The number of carbonyl (C=O) groups is 2. The molecular weight excluding hydrogens is 494 g/mol. The molecule has 15 heteroatoms. The van der Waals surface area contributed by atoms with E-state index < -0.39 is 35.6 Å². The molecule has 0 bridgehead atoms. The third-order valence-corrected chi connectivity index (χ3v) is 5.90. The molecule has 1 unspecified atom stereocenters. The average Bonchev–Trinajstić information content (AvgIpc) is 3.37. The fourth-order valence-corrected chi connectivity index (χ4v) is 4.17. The molecule has 0 spiro atoms. The van der Waals surface area contributed by atoms with Crippen molar-refractivity contribution < 1.29 is 31.9 Å². The number of hydrogen-bond donors (Lipinski definition) is 2. The number of benzene rings is 1. The lowest BCUT2D eigenvalue weighted by Gasteiger charge is -2.19. The highest BCUT2D eigenvalue weighted by atomic mass is 32.2. The summed E-state index contributed by atoms with van der Waals surface area (Å²) in [7, 11) is 3.10. The van der Waals surface area contributed by atoms with Crippen molar-refractivity contribution in [3.8, 4) is 5.75 Å². The Morgan fingerprint density at radius 1 is 1.31 bits per heavy atom. The maximum atomic E-state index is 14.4. The van der Waals surface area contributed by atoms with E-state index in [2.05, 4.69) is 30.8 Å². The van der Waals surface area contributed by atoms with Crippen LogP contribution in [-0.2, 0) is 17.8 Å². The maximum Gasteiger partial charge on any atom is 0.573 e. The van der Waals surface area contributed by atoms with Gasteiger partial charge in [-0.05, 0) is 24.1 Å². The van der Waals surface area contributed by atoms with E-state index in [1.165, 1.54) is 46.8 Å². The first-order valence-electron chi connectivity index (χ1n) is 10.4. The van der Waals surface area contributed by atoms with Crippen LogP contribution in [0.3, 0.4) is 0 Å². The van der Waals surface area contributed by atoms with Crippen molar-refractivity contribution in [3.05, 3.63) is 41.7 Å². The zero-order valence-corrected chi connectivity index (χ0v) is 19.6. The predicted octanol–water partition coefficient (Wildman–Crippen LogP) is 2.29. The topological polar surface area (TPSA) is 114 Å². The molecule has 0 saturated heterocycles. The van der Waals surface area contributed by atoms with Gasteiger partial charge in [0.1, 0.15) is 11.9 Å². The lowest BCUT2D eigenvalue weighted by Crippen LogP contribution is -2.40. The molecule has 0 radical (unpaired) electrons. The molecule has 2 atom stereocenters. The van der Waals surface area contributed by atoms with Crippen molar-refractivity contribution in [2.24, 2.45) is 5.10 Å². The summed E-state index contributed by atoms with van der Waals surface area (Å²) in [5.74, 6) is -1.24. The van der Waals surface area contributed by atoms with E-state index in [1.807, 2.05) is 0 Å². The van der Waals surface area contributed by atoms with Crippen LogP contribution in [0.25, 0.3) is 0 Å². The van der Waals surface area contributed by atoms with Gasteiger partial charge in [-0.1, -0.05) is 29.1 Å². The first kappa shape index (κ1) is 26.2. The number of thioether (sulfide) groups is 1. The van der Waals surface area contributed by atoms with Crippen LogP contribution in [0, 0.1) is 0 Å². The monoisotopic (exact) mass is 517 g/mol. The summed E-state index contributed by atoms with van der Waals surface area (Å²) >= 11 is 1.24. The molecule has 0 fully saturated rings. The summed E-state index contributed by atoms with van der Waals surface area (Å²) in [6.07, 6.45) is -4.42. The van der Waals surface area contributed by atoms with E-state index in [-0.39, 0.29) is 25.1 Å². The largest absolute Gasteiger partial charge is 0.573 e. The number of hydrazone groups is 1. The van der Waals surface area contributed by atoms with Crippen molar-refractivity contribution in [1.82, 2.24) is 30.6 Å². The number of ether oxygens (including phenoxy) is 1. The second-order valence-corrected chi connectivity index (χ2v) is 8.67. The van der Waals surface area contributed by atoms with Crippen molar-refractivity contribution in [2.45, 2.75) is 43.8 Å². The molecule has 0 aliphatic carbocycles. The normalized spacial score (nSPS) is 16.6. The zero-order chi connectivity index (χ0) is 25.6. The molecule has 35 heavy (non-hydrogen) atoms. The number of nitrogens with one attached hydrogen (secondary N) is 2. The first-order valence-corrected chi connectivity index (χ1v) is 11.3. The zero-order valence-electron chi connectivity index (χ0n) is 18.8. The summed E-state index contributed by atoms with van der Waals surface area (Å²) in [4.78, 5) is 23.9. The highest BCUT2D eigenvalue weighted by molar-refractivity contribution is 8.14. The number of carbonyl (C=O) groups excluding carboxylic acids is 2. The maximum absolute atomic E-state index is 14.4. The van der Waals surface area contributed by atoms with E-state index in [1.54, 1.807) is 7.05 Å². The quantitative estimate of drug-likeness (QED) is 0.465. The standard InChI is InChI=1S/C20H23F4N7O3S/c1-25-18(33)15-11-31(29-27-15)10-13(21)6-7-17-28-30(2)19(35-17)26-16(32)9-12-4-3-5-14(8-12)34-20(22,23)24/h3-5,8,11,13,19H,6-7,9-10H2,1-2H3,(H,25,33)(H,26,32)/t13-,19?/m0/s1. The molecule has 1 aromatic heterocycles. The number of halogens is 4. The molecule has 0 saturated carbocycles. The Labute approximate surface area is 202 Å². The molecule has 1 aliphatic heterocycles. The van der Waals surface area contributed by atoms with Crippen LogP contribution >= 0.6 is 11.8 Å². The third kappa shape index (κ3) is 8.12. The Morgan fingerprint density at radius 2 is 2.09 bits per heavy atom. The Balaban J connectivity index is 1.44. The number of aromatic nitrogens is 3. The Hall–Kier alpha value is -3.36. The molecule has 3 rings (SSSR count). The van der Waals surface area contributed by atoms with Crippen LogP contribution in [0.2, 0.25) is 0 Å². The van der Waals surface area contributed by atoms with Crippen molar-refractivity contribution in [1.29, 1.82) is 0 Å². The summed E-state index contributed by atoms with van der Waals surface area (Å²) < 4.78 is 56.7. The van der Waals surface area contributed by atoms with E-state index in [4.69, 9.17) is 0 Å². The summed E-state index contributed by atoms with van der Waals surface area (Å²) in [6, 6.07) is 5.18. The van der Waals surface area contributed by atoms with Gasteiger partial charge in [-0.3, -0.25) is 14.6 Å². The highest BCUT2D eigenvalue weighted by Gasteiger charge is 2.31. The molecular formula is C20H23F4N7O3S. The fraction of sp³-hybridized carbons (Fsp3) is 0.450. The third-order valence-electron chi connectivity index (χ3n) is 4.69. The molecule has 190 valence electrons. The number of alkyl halides is 4. The minimum atomic E-state index is -4.82. The van der Waals surface area contributed by atoms with E-state index in [9.17, 15) is 27.2 Å². The molecule has 2 amide bonds. The van der Waals surface area contributed by atoms with Crippen LogP contribution in [0.4, 0.5) is 17.6 Å². The van der Waals surface area contributed by atoms with Crippen molar-refractivity contribution in [3.63, 3.8) is 0 Å². The van der Waals surface area contributed by atoms with Crippen LogP contribution in [-0.4, -0.2) is 69.0 Å². The van der Waals surface area contributed by atoms with Gasteiger partial charge in [0.15, 0.2) is 11.2 Å². The van der Waals surface area contributed by atoms with Gasteiger partial charge in [-0.25, -0.2) is 9.07 Å². The molecule has 2 heterocycles. The lowest BCUT2D eigenvalue weighted by molar-refractivity contribution is -0.274. The number of nitrogens with zero attached hydrogens (tertiary/aromatic N) is 5. The summed E-state index contributed by atoms with van der Waals surface area (Å²) in [6.45, 7) is -0.0743. The molecule has 2 N–H and O–H groups in total. The Bertz CT molecular complexity index is 1080. The lowest BCUT2D eigenvalue weighted by atomic mass is 10.1. The number of rotatable bonds is 10. The SMILES string of the molecule is CNC(=O)c1cn(C[C@@H](F)CCC2=NN(C)C(NC(=O)Cc3cccc(OC(F)(F)F)c3)S2)nn1. The van der Waals surface area contributed by atoms with Gasteiger partial charge < -0.3 is 15.4 Å². The summed E-state index contributed by atoms with van der Waals surface area (Å²) in [5.41, 5.74) is -0.0881. The van der Waals surface area contributed by atoms with Gasteiger partial charge in [-0.15, -0.1) is 18.3 Å². The van der Waals surface area contributed by atoms with Crippen molar-refractivity contribution in [2.75, 3.05) is 14.1 Å². The number of amides is 2. The summed E-state index contributed by atoms with van der Waals surface area (Å²) in [5, 5.41) is 19.0. The average molecular weight is 518 g/mol. The Kier molecular flexibility index (Phi) is 8.53. The van der Waals surface area contributed by atoms with Crippen LogP contribution in [0.1, 0.15) is 28.9 Å². The van der Waals surface area contributed by atoms with Crippen molar-refractivity contribution >= 4 is 28.6 Å². The van der Waals surface area contributed by atoms with Gasteiger partial charge in [0.2, 0.25) is 5.91 Å². The first-order chi connectivity index (χ1) is 16.5. The minimum Gasteiger partial charge on any atom is -0.406 e. The molecule has 1 aliphatic rings. The molecule has 1 aromatic carbocycles. The van der Waals surface area contributed by atoms with Gasteiger partial charge in [0.25, 0.3) is 5.91 Å². The van der Waals surface area contributed by atoms with Gasteiger partial charge in [0, 0.05) is 20.5 Å². The van der Waals surface area contributed by atoms with Crippen LogP contribution in [0.15, 0.2) is 35.6 Å². The number of hydrogen-bond acceptors (Lipinski definition) is 8. The van der Waals surface area contributed by atoms with E-state index >= 15 is 0 Å². The van der Waals surface area contributed by atoms with Gasteiger partial charge >= 0.3 is 6.36 Å². The minimum absolute atomic E-state index is 0.0743. The van der Waals surface area contributed by atoms with Gasteiger partial charge in [-0.2, -0.15) is 5.10 Å². The van der Waals surface area contributed by atoms with E-state index in [0.29, 0.717) is 17.0 Å². The second-order valence-electron chi connectivity index (χ2n) is 7.52. The fourth-order valence-electron chi connectivity index (χ4n) is 3.11. The predicted molar refractivity (Wildman–Crippen MR) is 119 cm³/mol. The molecule has 10 nitrogen and oxygen atoms in total.